The molecule has 13 heavy (non-hydrogen) atoms. The van der Waals surface area contributed by atoms with E-state index in [0.29, 0.717) is 18.7 Å². The standard InChI is InChI=1S/C9H15NO2S/c1-2-8-13(11,12)9-7-10-5-3-4-6-10/h3-6H,2,7-9H2,1H3. The summed E-state index contributed by atoms with van der Waals surface area (Å²) in [6.07, 6.45) is 4.46. The molecule has 0 saturated heterocycles. The Labute approximate surface area is 79.3 Å². The van der Waals surface area contributed by atoms with Crippen molar-refractivity contribution in [1.82, 2.24) is 4.57 Å². The maximum Gasteiger partial charge on any atom is 0.152 e. The number of hydrogen-bond donors (Lipinski definition) is 0. The lowest BCUT2D eigenvalue weighted by Crippen LogP contribution is -2.14. The van der Waals surface area contributed by atoms with Gasteiger partial charge in [-0.05, 0) is 18.6 Å². The van der Waals surface area contributed by atoms with Gasteiger partial charge in [0.1, 0.15) is 0 Å². The van der Waals surface area contributed by atoms with Gasteiger partial charge in [0.05, 0.1) is 5.75 Å². The molecule has 0 N–H and O–H groups in total. The second kappa shape index (κ2) is 4.46. The summed E-state index contributed by atoms with van der Waals surface area (Å²) < 4.78 is 24.5. The van der Waals surface area contributed by atoms with Crippen molar-refractivity contribution in [2.45, 2.75) is 19.9 Å². The van der Waals surface area contributed by atoms with Crippen LogP contribution in [-0.2, 0) is 16.4 Å². The van der Waals surface area contributed by atoms with Crippen LogP contribution >= 0.6 is 0 Å². The summed E-state index contributed by atoms with van der Waals surface area (Å²) >= 11 is 0. The van der Waals surface area contributed by atoms with Crippen LogP contribution in [0.25, 0.3) is 0 Å². The van der Waals surface area contributed by atoms with Crippen molar-refractivity contribution in [3.63, 3.8) is 0 Å². The molecule has 0 fully saturated rings. The topological polar surface area (TPSA) is 39.1 Å². The molecule has 1 aromatic heterocycles. The van der Waals surface area contributed by atoms with Gasteiger partial charge in [-0.2, -0.15) is 0 Å². The molecule has 0 aliphatic heterocycles. The summed E-state index contributed by atoms with van der Waals surface area (Å²) in [5.74, 6) is 0.545. The molecule has 1 heterocycles. The number of aromatic nitrogens is 1. The minimum absolute atomic E-state index is 0.246. The highest BCUT2D eigenvalue weighted by molar-refractivity contribution is 7.91. The molecule has 0 aliphatic carbocycles. The van der Waals surface area contributed by atoms with Crippen molar-refractivity contribution >= 4 is 9.84 Å². The molecule has 4 heteroatoms. The molecule has 0 aliphatic rings. The highest BCUT2D eigenvalue weighted by Gasteiger charge is 2.08. The fraction of sp³-hybridized carbons (Fsp3) is 0.556. The Morgan fingerprint density at radius 3 is 2.31 bits per heavy atom. The van der Waals surface area contributed by atoms with Crippen LogP contribution in [0.3, 0.4) is 0 Å². The van der Waals surface area contributed by atoms with Gasteiger partial charge in [0.2, 0.25) is 0 Å². The zero-order valence-corrected chi connectivity index (χ0v) is 8.63. The summed E-state index contributed by atoms with van der Waals surface area (Å²) in [6.45, 7) is 2.45. The Kier molecular flexibility index (Phi) is 3.54. The van der Waals surface area contributed by atoms with Crippen LogP contribution in [0.5, 0.6) is 0 Å². The van der Waals surface area contributed by atoms with E-state index in [9.17, 15) is 8.42 Å². The predicted octanol–water partition coefficient (Wildman–Crippen LogP) is 1.31. The molecule has 74 valence electrons. The molecule has 0 amide bonds. The van der Waals surface area contributed by atoms with E-state index < -0.39 is 9.84 Å². The van der Waals surface area contributed by atoms with E-state index in [4.69, 9.17) is 0 Å². The molecule has 3 nitrogen and oxygen atoms in total. The number of sulfone groups is 1. The molecule has 0 atom stereocenters. The van der Waals surface area contributed by atoms with Crippen molar-refractivity contribution in [3.8, 4) is 0 Å². The molecule has 1 aromatic rings. The fourth-order valence-electron chi connectivity index (χ4n) is 1.18. The van der Waals surface area contributed by atoms with E-state index in [-0.39, 0.29) is 5.75 Å². The first kappa shape index (κ1) is 10.3. The second-order valence-electron chi connectivity index (χ2n) is 3.07. The van der Waals surface area contributed by atoms with Gasteiger partial charge in [0.25, 0.3) is 0 Å². The summed E-state index contributed by atoms with van der Waals surface area (Å²) in [7, 11) is -2.83. The van der Waals surface area contributed by atoms with Gasteiger partial charge >= 0.3 is 0 Å². The fourth-order valence-corrected chi connectivity index (χ4v) is 2.49. The monoisotopic (exact) mass is 201 g/mol. The quantitative estimate of drug-likeness (QED) is 0.720. The summed E-state index contributed by atoms with van der Waals surface area (Å²) in [5.41, 5.74) is 0. The minimum Gasteiger partial charge on any atom is -0.353 e. The van der Waals surface area contributed by atoms with E-state index in [0.717, 1.165) is 0 Å². The maximum atomic E-state index is 11.3. The normalized spacial score (nSPS) is 11.8. The van der Waals surface area contributed by atoms with Crippen molar-refractivity contribution in [3.05, 3.63) is 24.5 Å². The first-order chi connectivity index (χ1) is 6.14. The number of hydrogen-bond acceptors (Lipinski definition) is 2. The molecule has 0 unspecified atom stereocenters. The molecule has 1 rings (SSSR count). The van der Waals surface area contributed by atoms with Gasteiger partial charge in [0.15, 0.2) is 9.84 Å². The zero-order chi connectivity index (χ0) is 9.73. The molecular weight excluding hydrogens is 186 g/mol. The lowest BCUT2D eigenvalue weighted by Gasteiger charge is -2.03. The average molecular weight is 201 g/mol. The van der Waals surface area contributed by atoms with Gasteiger partial charge < -0.3 is 4.57 Å². The van der Waals surface area contributed by atoms with E-state index >= 15 is 0 Å². The van der Waals surface area contributed by atoms with Crippen molar-refractivity contribution < 1.29 is 8.42 Å². The zero-order valence-electron chi connectivity index (χ0n) is 7.81. The number of aryl methyl sites for hydroxylation is 1. The maximum absolute atomic E-state index is 11.3. The summed E-state index contributed by atoms with van der Waals surface area (Å²) in [5, 5.41) is 0. The average Bonchev–Trinajstić information content (AvgIpc) is 2.52. The Hall–Kier alpha value is -0.770. The summed E-state index contributed by atoms with van der Waals surface area (Å²) in [4.78, 5) is 0. The lowest BCUT2D eigenvalue weighted by atomic mass is 10.6. The van der Waals surface area contributed by atoms with Crippen LogP contribution in [0.15, 0.2) is 24.5 Å². The largest absolute Gasteiger partial charge is 0.353 e. The van der Waals surface area contributed by atoms with Crippen LogP contribution < -0.4 is 0 Å². The first-order valence-corrected chi connectivity index (χ1v) is 6.27. The predicted molar refractivity (Wildman–Crippen MR) is 53.4 cm³/mol. The van der Waals surface area contributed by atoms with E-state index in [1.54, 1.807) is 0 Å². The van der Waals surface area contributed by atoms with Gasteiger partial charge in [-0.1, -0.05) is 6.92 Å². The van der Waals surface area contributed by atoms with Crippen molar-refractivity contribution in [2.75, 3.05) is 11.5 Å². The molecule has 0 aromatic carbocycles. The van der Waals surface area contributed by atoms with Crippen LogP contribution in [0.1, 0.15) is 13.3 Å². The van der Waals surface area contributed by atoms with Crippen LogP contribution in [0, 0.1) is 0 Å². The number of rotatable bonds is 5. The SMILES string of the molecule is CCCS(=O)(=O)CCn1cccc1. The minimum atomic E-state index is -2.83. The van der Waals surface area contributed by atoms with Crippen molar-refractivity contribution in [2.24, 2.45) is 0 Å². The molecule has 0 radical (unpaired) electrons. The first-order valence-electron chi connectivity index (χ1n) is 4.45. The Morgan fingerprint density at radius 1 is 1.15 bits per heavy atom. The van der Waals surface area contributed by atoms with Crippen molar-refractivity contribution in [1.29, 1.82) is 0 Å². The van der Waals surface area contributed by atoms with E-state index in [1.807, 2.05) is 36.0 Å². The summed E-state index contributed by atoms with van der Waals surface area (Å²) in [6, 6.07) is 3.79. The highest BCUT2D eigenvalue weighted by atomic mass is 32.2. The Balaban J connectivity index is 2.43. The Morgan fingerprint density at radius 2 is 1.77 bits per heavy atom. The highest BCUT2D eigenvalue weighted by Crippen LogP contribution is 1.97. The molecule has 0 bridgehead atoms. The Bertz CT molecular complexity index is 327. The number of nitrogens with zero attached hydrogens (tertiary/aromatic N) is 1. The lowest BCUT2D eigenvalue weighted by molar-refractivity contribution is 0.587. The van der Waals surface area contributed by atoms with Crippen LogP contribution in [-0.4, -0.2) is 24.5 Å². The van der Waals surface area contributed by atoms with Gasteiger partial charge in [-0.25, -0.2) is 8.42 Å². The van der Waals surface area contributed by atoms with Crippen LogP contribution in [0.2, 0.25) is 0 Å². The van der Waals surface area contributed by atoms with E-state index in [2.05, 4.69) is 0 Å². The van der Waals surface area contributed by atoms with Gasteiger partial charge in [-0.15, -0.1) is 0 Å². The third-order valence-corrected chi connectivity index (χ3v) is 3.68. The molecular formula is C9H15NO2S. The van der Waals surface area contributed by atoms with Gasteiger partial charge in [-0.3, -0.25) is 0 Å². The third-order valence-electron chi connectivity index (χ3n) is 1.84. The van der Waals surface area contributed by atoms with Gasteiger partial charge in [0, 0.05) is 24.7 Å². The second-order valence-corrected chi connectivity index (χ2v) is 5.38. The third kappa shape index (κ3) is 3.63. The smallest absolute Gasteiger partial charge is 0.152 e. The molecule has 0 spiro atoms. The molecule has 0 saturated carbocycles. The van der Waals surface area contributed by atoms with E-state index in [1.165, 1.54) is 0 Å². The van der Waals surface area contributed by atoms with Crippen LogP contribution in [0.4, 0.5) is 0 Å².